The molecule has 174 valence electrons. The SMILES string of the molecule is COc1ccc(CN(Cc2cc3c(C)ccc(C)c3[nH]c2=O)C(=O)Nc2ccc(Cl)cc2)cc1. The quantitative estimate of drug-likeness (QED) is 0.357. The van der Waals surface area contributed by atoms with Crippen LogP contribution in [0, 0.1) is 13.8 Å². The zero-order chi connectivity index (χ0) is 24.2. The minimum atomic E-state index is -0.321. The highest BCUT2D eigenvalue weighted by atomic mass is 35.5. The van der Waals surface area contributed by atoms with Gasteiger partial charge in [-0.25, -0.2) is 4.79 Å². The standard InChI is InChI=1S/C27H26ClN3O3/c1-17-4-5-18(2)25-24(17)14-20(26(32)30-25)16-31(15-19-6-12-23(34-3)13-7-19)27(33)29-22-10-8-21(28)9-11-22/h4-14H,15-16H2,1-3H3,(H,29,33)(H,30,32). The first-order chi connectivity index (χ1) is 16.3. The molecule has 1 aromatic heterocycles. The van der Waals surface area contributed by atoms with Crippen LogP contribution in [-0.2, 0) is 13.1 Å². The maximum absolute atomic E-state index is 13.3. The Hall–Kier alpha value is -3.77. The number of H-pyrrole nitrogens is 1. The van der Waals surface area contributed by atoms with E-state index in [1.165, 1.54) is 0 Å². The second-order valence-electron chi connectivity index (χ2n) is 8.25. The van der Waals surface area contributed by atoms with Crippen molar-refractivity contribution in [2.45, 2.75) is 26.9 Å². The Bertz CT molecular complexity index is 1380. The molecule has 3 aromatic carbocycles. The Labute approximate surface area is 203 Å². The van der Waals surface area contributed by atoms with E-state index in [0.29, 0.717) is 22.8 Å². The molecule has 0 saturated heterocycles. The molecule has 4 rings (SSSR count). The van der Waals surface area contributed by atoms with E-state index in [-0.39, 0.29) is 18.1 Å². The largest absolute Gasteiger partial charge is 0.497 e. The number of ether oxygens (including phenoxy) is 1. The van der Waals surface area contributed by atoms with E-state index in [4.69, 9.17) is 16.3 Å². The molecule has 0 spiro atoms. The van der Waals surface area contributed by atoms with E-state index < -0.39 is 0 Å². The Morgan fingerprint density at radius 2 is 1.65 bits per heavy atom. The van der Waals surface area contributed by atoms with Crippen LogP contribution in [0.5, 0.6) is 5.75 Å². The summed E-state index contributed by atoms with van der Waals surface area (Å²) in [5.41, 5.74) is 4.72. The lowest BCUT2D eigenvalue weighted by Crippen LogP contribution is -2.35. The van der Waals surface area contributed by atoms with Crippen molar-refractivity contribution >= 4 is 34.2 Å². The van der Waals surface area contributed by atoms with Gasteiger partial charge in [-0.05, 0) is 73.0 Å². The van der Waals surface area contributed by atoms with Crippen LogP contribution in [0.3, 0.4) is 0 Å². The van der Waals surface area contributed by atoms with Crippen LogP contribution < -0.4 is 15.6 Å². The molecule has 4 aromatic rings. The van der Waals surface area contributed by atoms with E-state index in [9.17, 15) is 9.59 Å². The van der Waals surface area contributed by atoms with Crippen molar-refractivity contribution in [3.05, 3.63) is 104 Å². The number of hydrogen-bond acceptors (Lipinski definition) is 3. The number of urea groups is 1. The molecule has 0 fully saturated rings. The van der Waals surface area contributed by atoms with Crippen LogP contribution in [0.25, 0.3) is 10.9 Å². The molecule has 2 amide bonds. The third-order valence-corrected chi connectivity index (χ3v) is 6.05. The minimum absolute atomic E-state index is 0.143. The first kappa shape index (κ1) is 23.4. The second kappa shape index (κ2) is 10.0. The van der Waals surface area contributed by atoms with Gasteiger partial charge in [0.15, 0.2) is 0 Å². The van der Waals surface area contributed by atoms with Crippen LogP contribution in [0.1, 0.15) is 22.3 Å². The summed E-state index contributed by atoms with van der Waals surface area (Å²) < 4.78 is 5.23. The van der Waals surface area contributed by atoms with Gasteiger partial charge < -0.3 is 19.9 Å². The zero-order valence-electron chi connectivity index (χ0n) is 19.3. The zero-order valence-corrected chi connectivity index (χ0v) is 20.1. The molecule has 7 heteroatoms. The Morgan fingerprint density at radius 3 is 2.32 bits per heavy atom. The molecule has 0 aliphatic rings. The fraction of sp³-hybridized carbons (Fsp3) is 0.185. The van der Waals surface area contributed by atoms with Crippen molar-refractivity contribution < 1.29 is 9.53 Å². The molecule has 0 atom stereocenters. The number of rotatable bonds is 6. The molecule has 34 heavy (non-hydrogen) atoms. The van der Waals surface area contributed by atoms with Gasteiger partial charge in [0.05, 0.1) is 19.2 Å². The maximum atomic E-state index is 13.3. The smallest absolute Gasteiger partial charge is 0.322 e. The van der Waals surface area contributed by atoms with Crippen molar-refractivity contribution in [2.24, 2.45) is 0 Å². The fourth-order valence-electron chi connectivity index (χ4n) is 3.83. The van der Waals surface area contributed by atoms with E-state index in [2.05, 4.69) is 10.3 Å². The minimum Gasteiger partial charge on any atom is -0.497 e. The van der Waals surface area contributed by atoms with Crippen LogP contribution in [0.4, 0.5) is 10.5 Å². The lowest BCUT2D eigenvalue weighted by atomic mass is 10.0. The molecule has 1 heterocycles. The number of carbonyl (C=O) groups is 1. The van der Waals surface area contributed by atoms with Gasteiger partial charge in [0, 0.05) is 28.2 Å². The van der Waals surface area contributed by atoms with Gasteiger partial charge in [-0.1, -0.05) is 35.9 Å². The lowest BCUT2D eigenvalue weighted by molar-refractivity contribution is 0.206. The number of pyridine rings is 1. The number of aromatic nitrogens is 1. The highest BCUT2D eigenvalue weighted by molar-refractivity contribution is 6.30. The van der Waals surface area contributed by atoms with E-state index in [1.54, 1.807) is 36.3 Å². The van der Waals surface area contributed by atoms with Crippen molar-refractivity contribution in [3.63, 3.8) is 0 Å². The third kappa shape index (κ3) is 5.24. The van der Waals surface area contributed by atoms with Gasteiger partial charge >= 0.3 is 6.03 Å². The Morgan fingerprint density at radius 1 is 0.971 bits per heavy atom. The first-order valence-corrected chi connectivity index (χ1v) is 11.3. The van der Waals surface area contributed by atoms with Crippen molar-refractivity contribution in [2.75, 3.05) is 12.4 Å². The second-order valence-corrected chi connectivity index (χ2v) is 8.69. The summed E-state index contributed by atoms with van der Waals surface area (Å²) in [5.74, 6) is 0.734. The number of halogens is 1. The third-order valence-electron chi connectivity index (χ3n) is 5.80. The van der Waals surface area contributed by atoms with Gasteiger partial charge in [-0.3, -0.25) is 4.79 Å². The molecule has 0 aliphatic carbocycles. The van der Waals surface area contributed by atoms with Crippen LogP contribution in [-0.4, -0.2) is 23.0 Å². The van der Waals surface area contributed by atoms with Crippen molar-refractivity contribution in [1.29, 1.82) is 0 Å². The summed E-state index contributed by atoms with van der Waals surface area (Å²) in [6.45, 7) is 4.43. The Kier molecular flexibility index (Phi) is 6.89. The number of aromatic amines is 1. The molecule has 2 N–H and O–H groups in total. The van der Waals surface area contributed by atoms with Gasteiger partial charge in [0.1, 0.15) is 5.75 Å². The summed E-state index contributed by atoms with van der Waals surface area (Å²) in [5, 5.41) is 4.46. The summed E-state index contributed by atoms with van der Waals surface area (Å²) in [6, 6.07) is 20.0. The topological polar surface area (TPSA) is 74.4 Å². The fourth-order valence-corrected chi connectivity index (χ4v) is 3.95. The average Bonchev–Trinajstić information content (AvgIpc) is 2.83. The van der Waals surface area contributed by atoms with Gasteiger partial charge in [-0.15, -0.1) is 0 Å². The first-order valence-electron chi connectivity index (χ1n) is 10.9. The molecule has 0 saturated carbocycles. The van der Waals surface area contributed by atoms with Crippen LogP contribution >= 0.6 is 11.6 Å². The number of benzene rings is 3. The van der Waals surface area contributed by atoms with Crippen LogP contribution in [0.15, 0.2) is 71.5 Å². The molecule has 6 nitrogen and oxygen atoms in total. The summed E-state index contributed by atoms with van der Waals surface area (Å²) in [6.07, 6.45) is 0. The predicted molar refractivity (Wildman–Crippen MR) is 137 cm³/mol. The summed E-state index contributed by atoms with van der Waals surface area (Å²) in [7, 11) is 1.61. The number of anilines is 1. The summed E-state index contributed by atoms with van der Waals surface area (Å²) >= 11 is 5.97. The van der Waals surface area contributed by atoms with E-state index >= 15 is 0 Å². The lowest BCUT2D eigenvalue weighted by Gasteiger charge is -2.23. The van der Waals surface area contributed by atoms with Gasteiger partial charge in [0.25, 0.3) is 5.56 Å². The Balaban J connectivity index is 1.67. The highest BCUT2D eigenvalue weighted by Crippen LogP contribution is 2.22. The monoisotopic (exact) mass is 475 g/mol. The molecule has 0 unspecified atom stereocenters. The molecule has 0 aliphatic heterocycles. The maximum Gasteiger partial charge on any atom is 0.322 e. The van der Waals surface area contributed by atoms with E-state index in [1.807, 2.05) is 56.3 Å². The molecule has 0 radical (unpaired) electrons. The molecular formula is C27H26ClN3O3. The number of methoxy groups -OCH3 is 1. The predicted octanol–water partition coefficient (Wildman–Crippen LogP) is 6.04. The number of fused-ring (bicyclic) bond motifs is 1. The number of aryl methyl sites for hydroxylation is 2. The van der Waals surface area contributed by atoms with Crippen LogP contribution in [0.2, 0.25) is 5.02 Å². The van der Waals surface area contributed by atoms with E-state index in [0.717, 1.165) is 33.3 Å². The summed E-state index contributed by atoms with van der Waals surface area (Å²) in [4.78, 5) is 30.8. The highest BCUT2D eigenvalue weighted by Gasteiger charge is 2.18. The van der Waals surface area contributed by atoms with Crippen molar-refractivity contribution in [1.82, 2.24) is 9.88 Å². The number of carbonyl (C=O) groups excluding carboxylic acids is 1. The molecular weight excluding hydrogens is 450 g/mol. The number of amides is 2. The van der Waals surface area contributed by atoms with Gasteiger partial charge in [0.2, 0.25) is 0 Å². The van der Waals surface area contributed by atoms with Gasteiger partial charge in [-0.2, -0.15) is 0 Å². The van der Waals surface area contributed by atoms with Crippen molar-refractivity contribution in [3.8, 4) is 5.75 Å². The number of hydrogen-bond donors (Lipinski definition) is 2. The normalized spacial score (nSPS) is 10.8. The molecule has 0 bridgehead atoms. The average molecular weight is 476 g/mol. The number of nitrogens with zero attached hydrogens (tertiary/aromatic N) is 1. The number of nitrogens with one attached hydrogen (secondary N) is 2.